The number of esters is 1. The Hall–Kier alpha value is -1.63. The Morgan fingerprint density at radius 1 is 1.22 bits per heavy atom. The number of halogens is 3. The first-order chi connectivity index (χ1) is 10.9. The van der Waals surface area contributed by atoms with Crippen LogP contribution in [-0.2, 0) is 9.53 Å². The Labute approximate surface area is 153 Å². The van der Waals surface area contributed by atoms with Crippen LogP contribution in [0.15, 0.2) is 56.0 Å². The molecule has 0 aromatic heterocycles. The zero-order valence-corrected chi connectivity index (χ0v) is 15.3. The number of aliphatic imine (C=N–C) groups is 1. The van der Waals surface area contributed by atoms with Gasteiger partial charge in [-0.25, -0.2) is 9.79 Å². The number of carbonyl (C=O) groups excluding carboxylic acids is 1. The number of carbonyl (C=O) groups is 1. The molecule has 3 rings (SSSR count). The molecule has 0 spiro atoms. The van der Waals surface area contributed by atoms with Gasteiger partial charge in [-0.1, -0.05) is 33.6 Å². The van der Waals surface area contributed by atoms with Crippen LogP contribution >= 0.6 is 43.5 Å². The number of phenols is 1. The summed E-state index contributed by atoms with van der Waals surface area (Å²) in [6, 6.07) is 10.2. The van der Waals surface area contributed by atoms with Gasteiger partial charge in [-0.3, -0.25) is 0 Å². The first-order valence-electron chi connectivity index (χ1n) is 6.40. The number of aromatic hydroxyl groups is 1. The van der Waals surface area contributed by atoms with Gasteiger partial charge in [0.25, 0.3) is 0 Å². The molecule has 0 atom stereocenters. The van der Waals surface area contributed by atoms with E-state index in [4.69, 9.17) is 16.3 Å². The first kappa shape index (κ1) is 16.2. The maximum atomic E-state index is 12.0. The molecule has 0 fully saturated rings. The van der Waals surface area contributed by atoms with Gasteiger partial charge in [-0.15, -0.1) is 0 Å². The van der Waals surface area contributed by atoms with E-state index < -0.39 is 5.97 Å². The van der Waals surface area contributed by atoms with Crippen molar-refractivity contribution in [2.75, 3.05) is 0 Å². The van der Waals surface area contributed by atoms with Gasteiger partial charge in [0.1, 0.15) is 5.75 Å². The smallest absolute Gasteiger partial charge is 0.363 e. The topological polar surface area (TPSA) is 58.9 Å². The molecule has 1 N–H and O–H groups in total. The summed E-state index contributed by atoms with van der Waals surface area (Å²) < 4.78 is 6.42. The standard InChI is InChI=1S/C16H8Br2ClNO3/c17-10-4-9(14(21)12(18)7-10)6-13-16(22)23-15(20-13)8-2-1-3-11(19)5-8/h1-7,21H/b13-6-. The number of nitrogens with zero attached hydrogens (tertiary/aromatic N) is 1. The van der Waals surface area contributed by atoms with Crippen LogP contribution in [0.25, 0.3) is 6.08 Å². The third-order valence-electron chi connectivity index (χ3n) is 3.04. The lowest BCUT2D eigenvalue weighted by Crippen LogP contribution is -2.05. The van der Waals surface area contributed by atoms with E-state index in [2.05, 4.69) is 36.9 Å². The molecule has 23 heavy (non-hydrogen) atoms. The predicted molar refractivity (Wildman–Crippen MR) is 95.6 cm³/mol. The second-order valence-corrected chi connectivity index (χ2v) is 6.88. The van der Waals surface area contributed by atoms with Crippen molar-refractivity contribution in [3.8, 4) is 5.75 Å². The van der Waals surface area contributed by atoms with Gasteiger partial charge in [-0.05, 0) is 52.3 Å². The molecule has 1 heterocycles. The minimum atomic E-state index is -0.588. The molecule has 0 unspecified atom stereocenters. The third kappa shape index (κ3) is 3.49. The van der Waals surface area contributed by atoms with Gasteiger partial charge in [0, 0.05) is 20.6 Å². The molecule has 1 aliphatic heterocycles. The monoisotopic (exact) mass is 455 g/mol. The molecule has 0 saturated heterocycles. The van der Waals surface area contributed by atoms with Crippen LogP contribution in [0.1, 0.15) is 11.1 Å². The summed E-state index contributed by atoms with van der Waals surface area (Å²) >= 11 is 12.5. The molecule has 2 aromatic carbocycles. The summed E-state index contributed by atoms with van der Waals surface area (Å²) in [6.07, 6.45) is 1.46. The summed E-state index contributed by atoms with van der Waals surface area (Å²) in [4.78, 5) is 16.2. The quantitative estimate of drug-likeness (QED) is 0.515. The van der Waals surface area contributed by atoms with Crippen molar-refractivity contribution < 1.29 is 14.6 Å². The zero-order valence-electron chi connectivity index (χ0n) is 11.4. The lowest BCUT2D eigenvalue weighted by atomic mass is 10.1. The SMILES string of the molecule is O=C1OC(c2cccc(Cl)c2)=N/C1=C\c1cc(Br)cc(Br)c1O. The number of rotatable bonds is 2. The van der Waals surface area contributed by atoms with Gasteiger partial charge >= 0.3 is 5.97 Å². The highest BCUT2D eigenvalue weighted by atomic mass is 79.9. The van der Waals surface area contributed by atoms with Crippen LogP contribution in [0.5, 0.6) is 5.75 Å². The van der Waals surface area contributed by atoms with Crippen LogP contribution in [-0.4, -0.2) is 17.0 Å². The molecule has 0 bridgehead atoms. The van der Waals surface area contributed by atoms with E-state index in [0.717, 1.165) is 4.47 Å². The number of hydrogen-bond donors (Lipinski definition) is 1. The Morgan fingerprint density at radius 3 is 2.74 bits per heavy atom. The van der Waals surface area contributed by atoms with Crippen molar-refractivity contribution in [3.63, 3.8) is 0 Å². The summed E-state index contributed by atoms with van der Waals surface area (Å²) in [5.74, 6) is -0.396. The van der Waals surface area contributed by atoms with E-state index >= 15 is 0 Å². The molecule has 4 nitrogen and oxygen atoms in total. The van der Waals surface area contributed by atoms with E-state index in [-0.39, 0.29) is 17.3 Å². The van der Waals surface area contributed by atoms with Crippen LogP contribution < -0.4 is 0 Å². The van der Waals surface area contributed by atoms with Crippen LogP contribution in [0.4, 0.5) is 0 Å². The molecule has 1 aliphatic rings. The molecule has 116 valence electrons. The first-order valence-corrected chi connectivity index (χ1v) is 8.37. The van der Waals surface area contributed by atoms with E-state index in [9.17, 15) is 9.90 Å². The largest absolute Gasteiger partial charge is 0.506 e. The summed E-state index contributed by atoms with van der Waals surface area (Å²) in [6.45, 7) is 0. The highest BCUT2D eigenvalue weighted by molar-refractivity contribution is 9.11. The highest BCUT2D eigenvalue weighted by Crippen LogP contribution is 2.34. The van der Waals surface area contributed by atoms with Gasteiger partial charge in [0.15, 0.2) is 5.70 Å². The van der Waals surface area contributed by atoms with Crippen molar-refractivity contribution in [1.29, 1.82) is 0 Å². The number of hydrogen-bond acceptors (Lipinski definition) is 4. The number of cyclic esters (lactones) is 1. The molecular weight excluding hydrogens is 449 g/mol. The van der Waals surface area contributed by atoms with Crippen molar-refractivity contribution >= 4 is 61.4 Å². The van der Waals surface area contributed by atoms with Crippen LogP contribution in [0.2, 0.25) is 5.02 Å². The Morgan fingerprint density at radius 2 is 2.00 bits per heavy atom. The fourth-order valence-electron chi connectivity index (χ4n) is 2.00. The molecular formula is C16H8Br2ClNO3. The van der Waals surface area contributed by atoms with Crippen molar-refractivity contribution in [2.45, 2.75) is 0 Å². The van der Waals surface area contributed by atoms with Crippen LogP contribution in [0.3, 0.4) is 0 Å². The number of benzene rings is 2. The fraction of sp³-hybridized carbons (Fsp3) is 0. The lowest BCUT2D eigenvalue weighted by Gasteiger charge is -2.03. The van der Waals surface area contributed by atoms with Gasteiger partial charge in [0.2, 0.25) is 5.90 Å². The van der Waals surface area contributed by atoms with Gasteiger partial charge in [0.05, 0.1) is 4.47 Å². The Kier molecular flexibility index (Phi) is 4.57. The van der Waals surface area contributed by atoms with E-state index in [1.807, 2.05) is 0 Å². The molecule has 0 radical (unpaired) electrons. The minimum Gasteiger partial charge on any atom is -0.506 e. The minimum absolute atomic E-state index is 0.0138. The summed E-state index contributed by atoms with van der Waals surface area (Å²) in [5, 5.41) is 10.6. The Bertz CT molecular complexity index is 878. The van der Waals surface area contributed by atoms with E-state index in [0.29, 0.717) is 20.6 Å². The van der Waals surface area contributed by atoms with Gasteiger partial charge < -0.3 is 9.84 Å². The van der Waals surface area contributed by atoms with E-state index in [1.54, 1.807) is 36.4 Å². The maximum absolute atomic E-state index is 12.0. The molecule has 0 aliphatic carbocycles. The lowest BCUT2D eigenvalue weighted by molar-refractivity contribution is -0.129. The van der Waals surface area contributed by atoms with Crippen molar-refractivity contribution in [2.24, 2.45) is 4.99 Å². The molecule has 7 heteroatoms. The third-order valence-corrected chi connectivity index (χ3v) is 4.34. The normalized spacial score (nSPS) is 15.7. The van der Waals surface area contributed by atoms with Crippen molar-refractivity contribution in [3.05, 3.63) is 67.2 Å². The fourth-order valence-corrected chi connectivity index (χ4v) is 3.45. The van der Waals surface area contributed by atoms with E-state index in [1.165, 1.54) is 6.08 Å². The highest BCUT2D eigenvalue weighted by Gasteiger charge is 2.24. The summed E-state index contributed by atoms with van der Waals surface area (Å²) in [5.41, 5.74) is 1.14. The predicted octanol–water partition coefficient (Wildman–Crippen LogP) is 4.92. The molecule has 2 aromatic rings. The van der Waals surface area contributed by atoms with Crippen molar-refractivity contribution in [1.82, 2.24) is 0 Å². The molecule has 0 saturated carbocycles. The number of phenolic OH excluding ortho intramolecular Hbond substituents is 1. The Balaban J connectivity index is 2.02. The average Bonchev–Trinajstić information content (AvgIpc) is 2.85. The van der Waals surface area contributed by atoms with Gasteiger partial charge in [-0.2, -0.15) is 0 Å². The molecule has 0 amide bonds. The second kappa shape index (κ2) is 6.47. The zero-order chi connectivity index (χ0) is 16.6. The average molecular weight is 458 g/mol. The maximum Gasteiger partial charge on any atom is 0.363 e. The van der Waals surface area contributed by atoms with Crippen LogP contribution in [0, 0.1) is 0 Å². The summed E-state index contributed by atoms with van der Waals surface area (Å²) in [7, 11) is 0. The number of ether oxygens (including phenoxy) is 1. The second-order valence-electron chi connectivity index (χ2n) is 4.67.